The molecule has 2 aromatic carbocycles. The van der Waals surface area contributed by atoms with Gasteiger partial charge in [-0.05, 0) is 25.0 Å². The predicted octanol–water partition coefficient (Wildman–Crippen LogP) is 3.07. The molecule has 0 aliphatic carbocycles. The van der Waals surface area contributed by atoms with E-state index in [1.807, 2.05) is 12.1 Å². The van der Waals surface area contributed by atoms with E-state index in [0.717, 1.165) is 44.9 Å². The van der Waals surface area contributed by atoms with Crippen LogP contribution in [0.2, 0.25) is 0 Å². The van der Waals surface area contributed by atoms with Gasteiger partial charge >= 0.3 is 0 Å². The first-order valence-electron chi connectivity index (χ1n) is 9.44. The maximum absolute atomic E-state index is 9.53. The Morgan fingerprint density at radius 2 is 1.81 bits per heavy atom. The van der Waals surface area contributed by atoms with Gasteiger partial charge in [-0.15, -0.1) is 0 Å². The predicted molar refractivity (Wildman–Crippen MR) is 105 cm³/mol. The lowest BCUT2D eigenvalue weighted by Crippen LogP contribution is -2.52. The monoisotopic (exact) mass is 354 g/mol. The molecule has 3 rings (SSSR count). The van der Waals surface area contributed by atoms with Crippen molar-refractivity contribution < 1.29 is 9.84 Å². The fourth-order valence-electron chi connectivity index (χ4n) is 3.73. The van der Waals surface area contributed by atoms with E-state index in [1.165, 1.54) is 16.7 Å². The van der Waals surface area contributed by atoms with Crippen LogP contribution in [0.3, 0.4) is 0 Å². The van der Waals surface area contributed by atoms with Gasteiger partial charge in [0, 0.05) is 50.9 Å². The summed E-state index contributed by atoms with van der Waals surface area (Å²) in [6, 6.07) is 17.4. The summed E-state index contributed by atoms with van der Waals surface area (Å²) < 4.78 is 5.49. The third-order valence-corrected chi connectivity index (χ3v) is 5.24. The summed E-state index contributed by atoms with van der Waals surface area (Å²) in [5.74, 6) is 0.952. The molecule has 0 radical (unpaired) electrons. The number of piperazine rings is 1. The zero-order valence-electron chi connectivity index (χ0n) is 15.9. The van der Waals surface area contributed by atoms with Crippen molar-refractivity contribution in [3.8, 4) is 5.75 Å². The Balaban J connectivity index is 1.64. The van der Waals surface area contributed by atoms with Crippen LogP contribution in [0.5, 0.6) is 5.75 Å². The molecule has 0 amide bonds. The summed E-state index contributed by atoms with van der Waals surface area (Å²) in [7, 11) is 1.73. The first kappa shape index (κ1) is 18.9. The summed E-state index contributed by atoms with van der Waals surface area (Å²) in [5, 5.41) is 9.53. The van der Waals surface area contributed by atoms with Crippen molar-refractivity contribution >= 4 is 0 Å². The standard InChI is InChI=1S/C22H30N2O2/c1-18-7-9-19(10-8-18)15-24-13-12-23(17-21(24)11-14-25)16-20-5-3-4-6-22(20)26-2/h3-10,21,25H,11-17H2,1-2H3/t21-/m1/s1. The van der Waals surface area contributed by atoms with Crippen molar-refractivity contribution in [2.45, 2.75) is 32.5 Å². The minimum atomic E-state index is 0.234. The van der Waals surface area contributed by atoms with Crippen molar-refractivity contribution in [1.29, 1.82) is 0 Å². The Bertz CT molecular complexity index is 687. The average Bonchev–Trinajstić information content (AvgIpc) is 2.66. The molecule has 0 saturated carbocycles. The van der Waals surface area contributed by atoms with Gasteiger partial charge in [-0.2, -0.15) is 0 Å². The quantitative estimate of drug-likeness (QED) is 0.829. The highest BCUT2D eigenvalue weighted by Crippen LogP contribution is 2.23. The van der Waals surface area contributed by atoms with Crippen LogP contribution in [0, 0.1) is 6.92 Å². The van der Waals surface area contributed by atoms with Gasteiger partial charge in [-0.3, -0.25) is 9.80 Å². The van der Waals surface area contributed by atoms with Gasteiger partial charge in [0.05, 0.1) is 7.11 Å². The van der Waals surface area contributed by atoms with E-state index < -0.39 is 0 Å². The summed E-state index contributed by atoms with van der Waals surface area (Å²) in [4.78, 5) is 4.99. The first-order valence-corrected chi connectivity index (χ1v) is 9.44. The van der Waals surface area contributed by atoms with Gasteiger partial charge < -0.3 is 9.84 Å². The largest absolute Gasteiger partial charge is 0.496 e. The Morgan fingerprint density at radius 3 is 2.54 bits per heavy atom. The SMILES string of the molecule is COc1ccccc1CN1CCN(Cc2ccc(C)cc2)[C@H](CCO)C1. The lowest BCUT2D eigenvalue weighted by molar-refractivity contribution is 0.0496. The van der Waals surface area contributed by atoms with E-state index in [0.29, 0.717) is 6.04 Å². The molecule has 140 valence electrons. The highest BCUT2D eigenvalue weighted by atomic mass is 16.5. The zero-order chi connectivity index (χ0) is 18.4. The van der Waals surface area contributed by atoms with E-state index in [9.17, 15) is 5.11 Å². The summed E-state index contributed by atoms with van der Waals surface area (Å²) in [6.07, 6.45) is 0.814. The third kappa shape index (κ3) is 4.85. The minimum absolute atomic E-state index is 0.234. The fourth-order valence-corrected chi connectivity index (χ4v) is 3.73. The first-order chi connectivity index (χ1) is 12.7. The van der Waals surface area contributed by atoms with Crippen molar-refractivity contribution in [3.05, 3.63) is 65.2 Å². The molecule has 4 nitrogen and oxygen atoms in total. The van der Waals surface area contributed by atoms with Crippen LogP contribution in [0.4, 0.5) is 0 Å². The number of hydrogen-bond donors (Lipinski definition) is 1. The second kappa shape index (κ2) is 9.17. The number of aliphatic hydroxyl groups excluding tert-OH is 1. The Labute approximate surface area is 157 Å². The Kier molecular flexibility index (Phi) is 6.67. The molecule has 26 heavy (non-hydrogen) atoms. The number of aliphatic hydroxyl groups is 1. The zero-order valence-corrected chi connectivity index (χ0v) is 15.9. The van der Waals surface area contributed by atoms with E-state index in [2.05, 4.69) is 53.1 Å². The fraction of sp³-hybridized carbons (Fsp3) is 0.455. The molecule has 4 heteroatoms. The molecule has 1 aliphatic heterocycles. The summed E-state index contributed by atoms with van der Waals surface area (Å²) >= 11 is 0. The number of para-hydroxylation sites is 1. The van der Waals surface area contributed by atoms with Gasteiger partial charge in [-0.25, -0.2) is 0 Å². The molecule has 2 aromatic rings. The van der Waals surface area contributed by atoms with E-state index in [-0.39, 0.29) is 6.61 Å². The van der Waals surface area contributed by atoms with Crippen molar-refractivity contribution in [2.24, 2.45) is 0 Å². The second-order valence-electron chi connectivity index (χ2n) is 7.17. The topological polar surface area (TPSA) is 35.9 Å². The minimum Gasteiger partial charge on any atom is -0.496 e. The molecule has 0 spiro atoms. The van der Waals surface area contributed by atoms with Crippen LogP contribution < -0.4 is 4.74 Å². The van der Waals surface area contributed by atoms with E-state index >= 15 is 0 Å². The van der Waals surface area contributed by atoms with Crippen LogP contribution in [0.1, 0.15) is 23.1 Å². The number of ether oxygens (including phenoxy) is 1. The number of nitrogens with zero attached hydrogens (tertiary/aromatic N) is 2. The molecule has 1 heterocycles. The lowest BCUT2D eigenvalue weighted by atomic mass is 10.1. The van der Waals surface area contributed by atoms with Gasteiger partial charge in [-0.1, -0.05) is 48.0 Å². The van der Waals surface area contributed by atoms with Gasteiger partial charge in [0.2, 0.25) is 0 Å². The smallest absolute Gasteiger partial charge is 0.123 e. The van der Waals surface area contributed by atoms with Crippen LogP contribution >= 0.6 is 0 Å². The molecule has 0 aromatic heterocycles. The van der Waals surface area contributed by atoms with Crippen LogP contribution in [-0.4, -0.2) is 54.3 Å². The highest BCUT2D eigenvalue weighted by Gasteiger charge is 2.27. The Hall–Kier alpha value is -1.88. The molecule has 0 bridgehead atoms. The number of rotatable bonds is 7. The van der Waals surface area contributed by atoms with Crippen LogP contribution in [-0.2, 0) is 13.1 Å². The maximum Gasteiger partial charge on any atom is 0.123 e. The third-order valence-electron chi connectivity index (χ3n) is 5.24. The molecular weight excluding hydrogens is 324 g/mol. The van der Waals surface area contributed by atoms with E-state index in [1.54, 1.807) is 7.11 Å². The average molecular weight is 354 g/mol. The van der Waals surface area contributed by atoms with Crippen molar-refractivity contribution in [2.75, 3.05) is 33.4 Å². The van der Waals surface area contributed by atoms with Crippen LogP contribution in [0.25, 0.3) is 0 Å². The molecule has 1 N–H and O–H groups in total. The van der Waals surface area contributed by atoms with Gasteiger partial charge in [0.1, 0.15) is 5.75 Å². The Morgan fingerprint density at radius 1 is 1.04 bits per heavy atom. The lowest BCUT2D eigenvalue weighted by Gasteiger charge is -2.41. The molecule has 0 unspecified atom stereocenters. The molecular formula is C22H30N2O2. The van der Waals surface area contributed by atoms with Crippen LogP contribution in [0.15, 0.2) is 48.5 Å². The second-order valence-corrected chi connectivity index (χ2v) is 7.17. The molecule has 1 atom stereocenters. The number of hydrogen-bond acceptors (Lipinski definition) is 4. The van der Waals surface area contributed by atoms with E-state index in [4.69, 9.17) is 4.74 Å². The number of methoxy groups -OCH3 is 1. The molecule has 1 saturated heterocycles. The summed E-state index contributed by atoms with van der Waals surface area (Å²) in [5.41, 5.74) is 3.86. The normalized spacial score (nSPS) is 18.8. The maximum atomic E-state index is 9.53. The van der Waals surface area contributed by atoms with Crippen molar-refractivity contribution in [3.63, 3.8) is 0 Å². The highest BCUT2D eigenvalue weighted by molar-refractivity contribution is 5.33. The molecule has 1 fully saturated rings. The van der Waals surface area contributed by atoms with Gasteiger partial charge in [0.25, 0.3) is 0 Å². The number of benzene rings is 2. The summed E-state index contributed by atoms with van der Waals surface area (Å²) in [6.45, 7) is 7.23. The van der Waals surface area contributed by atoms with Crippen molar-refractivity contribution in [1.82, 2.24) is 9.80 Å². The van der Waals surface area contributed by atoms with Gasteiger partial charge in [0.15, 0.2) is 0 Å². The number of aryl methyl sites for hydroxylation is 1. The molecule has 1 aliphatic rings.